The maximum absolute atomic E-state index is 13.7. The summed E-state index contributed by atoms with van der Waals surface area (Å²) in [6, 6.07) is 19.3. The van der Waals surface area contributed by atoms with Gasteiger partial charge in [0, 0.05) is 43.7 Å². The Hall–Kier alpha value is -2.13. The first-order chi connectivity index (χ1) is 15.7. The van der Waals surface area contributed by atoms with Gasteiger partial charge in [-0.2, -0.15) is 0 Å². The largest absolute Gasteiger partial charge is 0.335 e. The number of carbonyl (C=O) groups is 1. The van der Waals surface area contributed by atoms with E-state index < -0.39 is 0 Å². The molecular weight excluding hydrogens is 392 g/mol. The maximum Gasteiger partial charge on any atom is 0.254 e. The molecule has 0 bridgehead atoms. The molecule has 0 N–H and O–H groups in total. The SMILES string of the molecule is Cc1ccccc1[C@H]1CN(CC2CC2)C[C@@H]1CN(C(=O)c1ccccc1)C1CCCCC1. The summed E-state index contributed by atoms with van der Waals surface area (Å²) in [7, 11) is 0. The predicted molar refractivity (Wildman–Crippen MR) is 131 cm³/mol. The molecule has 1 saturated heterocycles. The van der Waals surface area contributed by atoms with Gasteiger partial charge in [-0.3, -0.25) is 4.79 Å². The van der Waals surface area contributed by atoms with Crippen LogP contribution in [0.1, 0.15) is 72.3 Å². The van der Waals surface area contributed by atoms with Gasteiger partial charge in [0.2, 0.25) is 0 Å². The smallest absolute Gasteiger partial charge is 0.254 e. The zero-order chi connectivity index (χ0) is 21.9. The summed E-state index contributed by atoms with van der Waals surface area (Å²) in [6.07, 6.45) is 8.94. The minimum absolute atomic E-state index is 0.238. The van der Waals surface area contributed by atoms with E-state index in [1.807, 2.05) is 30.3 Å². The van der Waals surface area contributed by atoms with Gasteiger partial charge in [0.1, 0.15) is 0 Å². The number of benzene rings is 2. The van der Waals surface area contributed by atoms with Crippen LogP contribution < -0.4 is 0 Å². The zero-order valence-electron chi connectivity index (χ0n) is 19.6. The van der Waals surface area contributed by atoms with E-state index >= 15 is 0 Å². The van der Waals surface area contributed by atoms with Gasteiger partial charge in [-0.1, -0.05) is 61.7 Å². The molecule has 2 saturated carbocycles. The lowest BCUT2D eigenvalue weighted by molar-refractivity contribution is 0.0588. The number of carbonyl (C=O) groups excluding carboxylic acids is 1. The number of amides is 1. The highest BCUT2D eigenvalue weighted by molar-refractivity contribution is 5.94. The number of nitrogens with zero attached hydrogens (tertiary/aromatic N) is 2. The Labute approximate surface area is 193 Å². The molecule has 2 atom stereocenters. The van der Waals surface area contributed by atoms with Gasteiger partial charge in [0.25, 0.3) is 5.91 Å². The van der Waals surface area contributed by atoms with Crippen LogP contribution in [0.25, 0.3) is 0 Å². The van der Waals surface area contributed by atoms with Gasteiger partial charge >= 0.3 is 0 Å². The molecule has 2 aliphatic carbocycles. The Morgan fingerprint density at radius 2 is 1.62 bits per heavy atom. The number of hydrogen-bond donors (Lipinski definition) is 0. The molecule has 3 fully saturated rings. The third kappa shape index (κ3) is 4.93. The molecule has 1 amide bonds. The van der Waals surface area contributed by atoms with Crippen molar-refractivity contribution in [3.05, 3.63) is 71.3 Å². The molecule has 32 heavy (non-hydrogen) atoms. The van der Waals surface area contributed by atoms with E-state index in [9.17, 15) is 4.79 Å². The Balaban J connectivity index is 1.41. The molecule has 2 aromatic carbocycles. The fourth-order valence-electron chi connectivity index (χ4n) is 6.11. The lowest BCUT2D eigenvalue weighted by Gasteiger charge is -2.37. The van der Waals surface area contributed by atoms with E-state index in [4.69, 9.17) is 0 Å². The molecular formula is C29H38N2O. The topological polar surface area (TPSA) is 23.6 Å². The lowest BCUT2D eigenvalue weighted by Crippen LogP contribution is -2.45. The first-order valence-electron chi connectivity index (χ1n) is 12.8. The summed E-state index contributed by atoms with van der Waals surface area (Å²) in [5, 5.41) is 0. The molecule has 3 heteroatoms. The third-order valence-electron chi connectivity index (χ3n) is 8.05. The van der Waals surface area contributed by atoms with Gasteiger partial charge in [-0.25, -0.2) is 0 Å². The van der Waals surface area contributed by atoms with Gasteiger partial charge in [-0.15, -0.1) is 0 Å². The minimum atomic E-state index is 0.238. The van der Waals surface area contributed by atoms with E-state index in [1.165, 1.54) is 49.8 Å². The molecule has 0 unspecified atom stereocenters. The van der Waals surface area contributed by atoms with Gasteiger partial charge in [0.15, 0.2) is 0 Å². The molecule has 3 aliphatic rings. The van der Waals surface area contributed by atoms with Gasteiger partial charge < -0.3 is 9.80 Å². The van der Waals surface area contributed by atoms with Crippen LogP contribution >= 0.6 is 0 Å². The van der Waals surface area contributed by atoms with Crippen LogP contribution in [0.4, 0.5) is 0 Å². The van der Waals surface area contributed by atoms with E-state index in [1.54, 1.807) is 0 Å². The molecule has 5 rings (SSSR count). The van der Waals surface area contributed by atoms with Crippen molar-refractivity contribution in [1.82, 2.24) is 9.80 Å². The lowest BCUT2D eigenvalue weighted by atomic mass is 9.85. The highest BCUT2D eigenvalue weighted by Crippen LogP contribution is 2.39. The first-order valence-corrected chi connectivity index (χ1v) is 12.8. The van der Waals surface area contributed by atoms with Crippen molar-refractivity contribution in [3.8, 4) is 0 Å². The number of rotatable bonds is 7. The van der Waals surface area contributed by atoms with Crippen molar-refractivity contribution in [2.45, 2.75) is 63.8 Å². The van der Waals surface area contributed by atoms with Crippen LogP contribution in [0.5, 0.6) is 0 Å². The van der Waals surface area contributed by atoms with E-state index in [0.29, 0.717) is 17.9 Å². The Bertz CT molecular complexity index is 900. The Kier molecular flexibility index (Phi) is 6.64. The second-order valence-electron chi connectivity index (χ2n) is 10.5. The van der Waals surface area contributed by atoms with Gasteiger partial charge in [-0.05, 0) is 67.7 Å². The monoisotopic (exact) mass is 430 g/mol. The average molecular weight is 431 g/mol. The normalized spacial score (nSPS) is 24.5. The number of aryl methyl sites for hydroxylation is 1. The van der Waals surface area contributed by atoms with Crippen LogP contribution in [0.3, 0.4) is 0 Å². The fourth-order valence-corrected chi connectivity index (χ4v) is 6.11. The van der Waals surface area contributed by atoms with Crippen molar-refractivity contribution in [3.63, 3.8) is 0 Å². The average Bonchev–Trinajstić information content (AvgIpc) is 3.56. The first kappa shape index (κ1) is 21.7. The van der Waals surface area contributed by atoms with Crippen LogP contribution in [0.2, 0.25) is 0 Å². The fraction of sp³-hybridized carbons (Fsp3) is 0.552. The number of hydrogen-bond acceptors (Lipinski definition) is 2. The van der Waals surface area contributed by atoms with E-state index in [-0.39, 0.29) is 5.91 Å². The zero-order valence-corrected chi connectivity index (χ0v) is 19.6. The maximum atomic E-state index is 13.7. The van der Waals surface area contributed by atoms with Crippen molar-refractivity contribution in [2.75, 3.05) is 26.2 Å². The van der Waals surface area contributed by atoms with Crippen molar-refractivity contribution >= 4 is 5.91 Å². The second-order valence-corrected chi connectivity index (χ2v) is 10.5. The molecule has 1 aliphatic heterocycles. The molecule has 1 heterocycles. The highest BCUT2D eigenvalue weighted by Gasteiger charge is 2.39. The second kappa shape index (κ2) is 9.79. The summed E-state index contributed by atoms with van der Waals surface area (Å²) in [6.45, 7) is 6.66. The van der Waals surface area contributed by atoms with Gasteiger partial charge in [0.05, 0.1) is 0 Å². The highest BCUT2D eigenvalue weighted by atomic mass is 16.2. The summed E-state index contributed by atoms with van der Waals surface area (Å²) in [5.41, 5.74) is 3.74. The minimum Gasteiger partial charge on any atom is -0.335 e. The molecule has 0 radical (unpaired) electrons. The van der Waals surface area contributed by atoms with Crippen LogP contribution in [-0.2, 0) is 0 Å². The summed E-state index contributed by atoms with van der Waals surface area (Å²) in [4.78, 5) is 18.7. The van der Waals surface area contributed by atoms with E-state index in [0.717, 1.165) is 44.0 Å². The quantitative estimate of drug-likeness (QED) is 0.546. The van der Waals surface area contributed by atoms with Crippen molar-refractivity contribution < 1.29 is 4.79 Å². The predicted octanol–water partition coefficient (Wildman–Crippen LogP) is 5.90. The summed E-state index contributed by atoms with van der Waals surface area (Å²) < 4.78 is 0. The standard InChI is InChI=1S/C29H38N2O/c1-22-10-8-9-15-27(22)28-21-30(18-23-16-17-23)19-25(28)20-31(26-13-6-3-7-14-26)29(32)24-11-4-2-5-12-24/h2,4-5,8-12,15,23,25-26,28H,3,6-7,13-14,16-21H2,1H3/t25-,28+/m1/s1. The summed E-state index contributed by atoms with van der Waals surface area (Å²) in [5.74, 6) is 2.17. The molecule has 170 valence electrons. The Morgan fingerprint density at radius 3 is 2.34 bits per heavy atom. The third-order valence-corrected chi connectivity index (χ3v) is 8.05. The van der Waals surface area contributed by atoms with Crippen molar-refractivity contribution in [1.29, 1.82) is 0 Å². The van der Waals surface area contributed by atoms with E-state index in [2.05, 4.69) is 41.0 Å². The van der Waals surface area contributed by atoms with Crippen LogP contribution in [0, 0.1) is 18.8 Å². The van der Waals surface area contributed by atoms with Crippen LogP contribution in [0.15, 0.2) is 54.6 Å². The molecule has 0 spiro atoms. The summed E-state index contributed by atoms with van der Waals surface area (Å²) >= 11 is 0. The number of likely N-dealkylation sites (tertiary alicyclic amines) is 1. The van der Waals surface area contributed by atoms with Crippen LogP contribution in [-0.4, -0.2) is 47.9 Å². The Morgan fingerprint density at radius 1 is 0.906 bits per heavy atom. The van der Waals surface area contributed by atoms with Crippen molar-refractivity contribution in [2.24, 2.45) is 11.8 Å². The molecule has 3 nitrogen and oxygen atoms in total. The molecule has 0 aromatic heterocycles. The molecule has 2 aromatic rings.